The SMILES string of the molecule is CC(C)CC(Cl)CNCCC(F)(F)F. The Labute approximate surface area is 88.0 Å². The third-order valence-electron chi connectivity index (χ3n) is 1.68. The average Bonchev–Trinajstić information content (AvgIpc) is 1.95. The lowest BCUT2D eigenvalue weighted by molar-refractivity contribution is -0.133. The van der Waals surface area contributed by atoms with Gasteiger partial charge in [0.05, 0.1) is 6.42 Å². The van der Waals surface area contributed by atoms with Crippen molar-refractivity contribution in [1.82, 2.24) is 5.32 Å². The molecule has 0 aliphatic carbocycles. The number of hydrogen-bond acceptors (Lipinski definition) is 1. The van der Waals surface area contributed by atoms with Crippen LogP contribution in [-0.4, -0.2) is 24.6 Å². The molecule has 0 radical (unpaired) electrons. The summed E-state index contributed by atoms with van der Waals surface area (Å²) < 4.78 is 35.2. The van der Waals surface area contributed by atoms with Crippen LogP contribution < -0.4 is 5.32 Å². The molecule has 0 aromatic rings. The fourth-order valence-electron chi connectivity index (χ4n) is 1.08. The molecule has 0 heterocycles. The maximum absolute atomic E-state index is 11.7. The monoisotopic (exact) mass is 231 g/mol. The van der Waals surface area contributed by atoms with Crippen molar-refractivity contribution in [2.45, 2.75) is 38.2 Å². The molecule has 5 heteroatoms. The predicted octanol–water partition coefficient (Wildman–Crippen LogP) is 3.18. The van der Waals surface area contributed by atoms with Gasteiger partial charge in [-0.1, -0.05) is 13.8 Å². The fraction of sp³-hybridized carbons (Fsp3) is 1.00. The van der Waals surface area contributed by atoms with Crippen LogP contribution in [0.1, 0.15) is 26.7 Å². The first-order chi connectivity index (χ1) is 6.31. The molecule has 86 valence electrons. The van der Waals surface area contributed by atoms with E-state index in [2.05, 4.69) is 5.32 Å². The molecule has 1 nitrogen and oxygen atoms in total. The summed E-state index contributed by atoms with van der Waals surface area (Å²) >= 11 is 5.88. The molecule has 0 rings (SSSR count). The van der Waals surface area contributed by atoms with E-state index in [1.54, 1.807) is 0 Å². The van der Waals surface area contributed by atoms with Crippen molar-refractivity contribution >= 4 is 11.6 Å². The normalized spacial score (nSPS) is 14.8. The van der Waals surface area contributed by atoms with Crippen molar-refractivity contribution in [1.29, 1.82) is 0 Å². The van der Waals surface area contributed by atoms with Crippen LogP contribution in [0.5, 0.6) is 0 Å². The molecule has 0 aliphatic rings. The fourth-order valence-corrected chi connectivity index (χ4v) is 1.55. The van der Waals surface area contributed by atoms with E-state index in [0.717, 1.165) is 6.42 Å². The van der Waals surface area contributed by atoms with Gasteiger partial charge in [-0.25, -0.2) is 0 Å². The van der Waals surface area contributed by atoms with Crippen LogP contribution in [0.3, 0.4) is 0 Å². The Morgan fingerprint density at radius 3 is 2.29 bits per heavy atom. The van der Waals surface area contributed by atoms with Gasteiger partial charge in [0, 0.05) is 18.5 Å². The summed E-state index contributed by atoms with van der Waals surface area (Å²) in [6, 6.07) is 0. The smallest absolute Gasteiger partial charge is 0.315 e. The molecular weight excluding hydrogens is 215 g/mol. The lowest BCUT2D eigenvalue weighted by atomic mass is 10.1. The quantitative estimate of drug-likeness (QED) is 0.547. The Hall–Kier alpha value is 0.0400. The molecule has 0 saturated carbocycles. The molecule has 1 N–H and O–H groups in total. The summed E-state index contributed by atoms with van der Waals surface area (Å²) in [4.78, 5) is 0. The third-order valence-corrected chi connectivity index (χ3v) is 2.01. The number of rotatable bonds is 6. The first-order valence-electron chi connectivity index (χ1n) is 4.73. The van der Waals surface area contributed by atoms with Crippen LogP contribution in [0.4, 0.5) is 13.2 Å². The van der Waals surface area contributed by atoms with Gasteiger partial charge in [-0.05, 0) is 12.3 Å². The molecule has 14 heavy (non-hydrogen) atoms. The molecule has 0 aromatic heterocycles. The van der Waals surface area contributed by atoms with Crippen molar-refractivity contribution in [3.8, 4) is 0 Å². The second kappa shape index (κ2) is 6.51. The van der Waals surface area contributed by atoms with Gasteiger partial charge >= 0.3 is 6.18 Å². The van der Waals surface area contributed by atoms with E-state index in [0.29, 0.717) is 12.5 Å². The van der Waals surface area contributed by atoms with Gasteiger partial charge in [-0.2, -0.15) is 13.2 Å². The molecule has 0 amide bonds. The summed E-state index contributed by atoms with van der Waals surface area (Å²) in [5, 5.41) is 2.61. The topological polar surface area (TPSA) is 12.0 Å². The molecule has 0 saturated heterocycles. The van der Waals surface area contributed by atoms with Crippen molar-refractivity contribution in [3.05, 3.63) is 0 Å². The Balaban J connectivity index is 3.36. The minimum atomic E-state index is -4.08. The minimum Gasteiger partial charge on any atom is -0.315 e. The van der Waals surface area contributed by atoms with Gasteiger partial charge in [0.1, 0.15) is 0 Å². The number of halogens is 4. The van der Waals surface area contributed by atoms with Gasteiger partial charge < -0.3 is 5.32 Å². The maximum Gasteiger partial charge on any atom is 0.390 e. The standard InChI is InChI=1S/C9H17ClF3N/c1-7(2)5-8(10)6-14-4-3-9(11,12)13/h7-8,14H,3-6H2,1-2H3. The minimum absolute atomic E-state index is 0.0508. The average molecular weight is 232 g/mol. The van der Waals surface area contributed by atoms with Crippen molar-refractivity contribution in [3.63, 3.8) is 0 Å². The highest BCUT2D eigenvalue weighted by Gasteiger charge is 2.26. The predicted molar refractivity (Wildman–Crippen MR) is 52.6 cm³/mol. The highest BCUT2D eigenvalue weighted by Crippen LogP contribution is 2.18. The van der Waals surface area contributed by atoms with Crippen LogP contribution in [0, 0.1) is 5.92 Å². The zero-order valence-corrected chi connectivity index (χ0v) is 9.25. The first kappa shape index (κ1) is 14.0. The Bertz CT molecular complexity index is 147. The molecule has 0 aromatic carbocycles. The molecule has 1 unspecified atom stereocenters. The van der Waals surface area contributed by atoms with Crippen molar-refractivity contribution in [2.24, 2.45) is 5.92 Å². The zero-order valence-electron chi connectivity index (χ0n) is 8.49. The van der Waals surface area contributed by atoms with Crippen LogP contribution in [-0.2, 0) is 0 Å². The second-order valence-corrected chi connectivity index (χ2v) is 4.41. The molecule has 0 fully saturated rings. The van der Waals surface area contributed by atoms with Gasteiger partial charge in [0.2, 0.25) is 0 Å². The summed E-state index contributed by atoms with van der Waals surface area (Å²) in [7, 11) is 0. The number of alkyl halides is 4. The highest BCUT2D eigenvalue weighted by molar-refractivity contribution is 6.20. The van der Waals surface area contributed by atoms with Gasteiger partial charge in [-0.3, -0.25) is 0 Å². The largest absolute Gasteiger partial charge is 0.390 e. The molecular formula is C9H17ClF3N. The lowest BCUT2D eigenvalue weighted by Gasteiger charge is -2.13. The zero-order chi connectivity index (χ0) is 11.2. The lowest BCUT2D eigenvalue weighted by Crippen LogP contribution is -2.28. The van der Waals surface area contributed by atoms with Gasteiger partial charge in [0.15, 0.2) is 0 Å². The summed E-state index contributed by atoms with van der Waals surface area (Å²) in [6.45, 7) is 4.46. The number of hydrogen-bond donors (Lipinski definition) is 1. The van der Waals surface area contributed by atoms with Crippen molar-refractivity contribution < 1.29 is 13.2 Å². The van der Waals surface area contributed by atoms with Gasteiger partial charge in [-0.15, -0.1) is 11.6 Å². The summed E-state index contributed by atoms with van der Waals surface area (Å²) in [5.41, 5.74) is 0. The first-order valence-corrected chi connectivity index (χ1v) is 5.16. The van der Waals surface area contributed by atoms with E-state index in [1.807, 2.05) is 13.8 Å². The van der Waals surface area contributed by atoms with Crippen LogP contribution >= 0.6 is 11.6 Å². The molecule has 0 aliphatic heterocycles. The third kappa shape index (κ3) is 10.1. The van der Waals surface area contributed by atoms with Gasteiger partial charge in [0.25, 0.3) is 0 Å². The van der Waals surface area contributed by atoms with E-state index < -0.39 is 12.6 Å². The molecule has 0 spiro atoms. The molecule has 0 bridgehead atoms. The number of nitrogens with one attached hydrogen (secondary N) is 1. The van der Waals surface area contributed by atoms with Crippen LogP contribution in [0.25, 0.3) is 0 Å². The van der Waals surface area contributed by atoms with Crippen molar-refractivity contribution in [2.75, 3.05) is 13.1 Å². The van der Waals surface area contributed by atoms with E-state index in [1.165, 1.54) is 0 Å². The Morgan fingerprint density at radius 2 is 1.86 bits per heavy atom. The maximum atomic E-state index is 11.7. The van der Waals surface area contributed by atoms with E-state index >= 15 is 0 Å². The van der Waals surface area contributed by atoms with Crippen LogP contribution in [0.15, 0.2) is 0 Å². The summed E-state index contributed by atoms with van der Waals surface area (Å²) in [6.07, 6.45) is -4.05. The summed E-state index contributed by atoms with van der Waals surface area (Å²) in [5.74, 6) is 0.474. The second-order valence-electron chi connectivity index (χ2n) is 3.80. The molecule has 1 atom stereocenters. The van der Waals surface area contributed by atoms with E-state index in [-0.39, 0.29) is 11.9 Å². The highest BCUT2D eigenvalue weighted by atomic mass is 35.5. The van der Waals surface area contributed by atoms with E-state index in [9.17, 15) is 13.2 Å². The Kier molecular flexibility index (Phi) is 6.53. The van der Waals surface area contributed by atoms with Crippen LogP contribution in [0.2, 0.25) is 0 Å². The Morgan fingerprint density at radius 1 is 1.29 bits per heavy atom. The van der Waals surface area contributed by atoms with E-state index in [4.69, 9.17) is 11.6 Å².